The Kier molecular flexibility index (Phi) is 6.48. The van der Waals surface area contributed by atoms with Gasteiger partial charge in [-0.25, -0.2) is 4.39 Å². The summed E-state index contributed by atoms with van der Waals surface area (Å²) in [5, 5.41) is 3.23. The van der Waals surface area contributed by atoms with Crippen LogP contribution in [0, 0.1) is 12.7 Å². The highest BCUT2D eigenvalue weighted by molar-refractivity contribution is 6.01. The van der Waals surface area contributed by atoms with Gasteiger partial charge in [-0.15, -0.1) is 9.20 Å². The van der Waals surface area contributed by atoms with Crippen LogP contribution in [0.1, 0.15) is 54.9 Å². The van der Waals surface area contributed by atoms with Gasteiger partial charge in [0.25, 0.3) is 5.91 Å². The third kappa shape index (κ3) is 4.29. The Morgan fingerprint density at radius 1 is 1.13 bits per heavy atom. The van der Waals surface area contributed by atoms with E-state index in [-0.39, 0.29) is 11.7 Å². The molecule has 2 aliphatic heterocycles. The zero-order valence-electron chi connectivity index (χ0n) is 22.2. The van der Waals surface area contributed by atoms with E-state index < -0.39 is 0 Å². The molecule has 7 heteroatoms. The van der Waals surface area contributed by atoms with E-state index in [0.29, 0.717) is 23.2 Å². The van der Waals surface area contributed by atoms with Crippen LogP contribution in [0.3, 0.4) is 0 Å². The third-order valence-corrected chi connectivity index (χ3v) is 8.57. The van der Waals surface area contributed by atoms with Crippen molar-refractivity contribution in [1.29, 1.82) is 0 Å². The van der Waals surface area contributed by atoms with Gasteiger partial charge >= 0.3 is 0 Å². The summed E-state index contributed by atoms with van der Waals surface area (Å²) in [6, 6.07) is 13.1. The predicted molar refractivity (Wildman–Crippen MR) is 146 cm³/mol. The number of aryl methyl sites for hydroxylation is 2. The summed E-state index contributed by atoms with van der Waals surface area (Å²) in [4.78, 5) is 20.7. The van der Waals surface area contributed by atoms with Gasteiger partial charge in [0.05, 0.1) is 11.9 Å². The first-order chi connectivity index (χ1) is 18.5. The second kappa shape index (κ2) is 9.95. The molecule has 1 N–H and O–H groups in total. The number of carbonyl (C=O) groups excluding carboxylic acids is 1. The topological polar surface area (TPSA) is 53.5 Å². The number of pyridine rings is 2. The Balaban J connectivity index is 1.31. The molecule has 38 heavy (non-hydrogen) atoms. The highest BCUT2D eigenvalue weighted by Gasteiger charge is 2.43. The second-order valence-electron chi connectivity index (χ2n) is 10.7. The molecule has 0 unspecified atom stereocenters. The molecule has 196 valence electrons. The van der Waals surface area contributed by atoms with Gasteiger partial charge in [0, 0.05) is 29.4 Å². The number of halogens is 1. The fourth-order valence-corrected chi connectivity index (χ4v) is 6.58. The number of carbonyl (C=O) groups is 1. The molecule has 2 aliphatic rings. The van der Waals surface area contributed by atoms with E-state index in [0.717, 1.165) is 40.9 Å². The summed E-state index contributed by atoms with van der Waals surface area (Å²) in [6.45, 7) is 7.68. The van der Waals surface area contributed by atoms with Crippen LogP contribution in [0.2, 0.25) is 0 Å². The van der Waals surface area contributed by atoms with Crippen LogP contribution in [-0.2, 0) is 6.54 Å². The highest BCUT2D eigenvalue weighted by atomic mass is 19.1. The number of fused-ring (bicyclic) bond motifs is 2. The molecule has 0 radical (unpaired) electrons. The zero-order valence-corrected chi connectivity index (χ0v) is 22.2. The standard InChI is InChI=1S/C31H34FN5O/c1-3-36-21-26(30(38)34-15-13-31-11-5-16-35(31)17-6-12-31)28-20-23(10-18-37(28)36)25-7-4-14-33-29(25)24-8-9-27(32)22(2)19-24/h4,7-10,14,18-21H,3,5-6,11-13,15-17H2,1-2H3/p+1. The lowest BCUT2D eigenvalue weighted by Gasteiger charge is -2.32. The van der Waals surface area contributed by atoms with E-state index in [1.54, 1.807) is 19.2 Å². The van der Waals surface area contributed by atoms with Crippen molar-refractivity contribution in [2.75, 3.05) is 19.6 Å². The van der Waals surface area contributed by atoms with Crippen LogP contribution in [0.4, 0.5) is 4.39 Å². The molecule has 0 saturated carbocycles. The Bertz CT molecular complexity index is 1500. The van der Waals surface area contributed by atoms with Gasteiger partial charge in [0.2, 0.25) is 6.20 Å². The van der Waals surface area contributed by atoms with E-state index in [1.807, 2.05) is 41.2 Å². The van der Waals surface area contributed by atoms with E-state index in [4.69, 9.17) is 0 Å². The van der Waals surface area contributed by atoms with Gasteiger partial charge in [-0.05, 0) is 107 Å². The number of amides is 1. The lowest BCUT2D eigenvalue weighted by Crippen LogP contribution is -2.41. The average molecular weight is 513 g/mol. The summed E-state index contributed by atoms with van der Waals surface area (Å²) in [7, 11) is 0. The van der Waals surface area contributed by atoms with E-state index in [1.165, 1.54) is 44.8 Å². The molecule has 0 bridgehead atoms. The van der Waals surface area contributed by atoms with Crippen LogP contribution >= 0.6 is 0 Å². The minimum absolute atomic E-state index is 0.0358. The number of rotatable bonds is 7. The molecule has 2 fully saturated rings. The Morgan fingerprint density at radius 2 is 1.95 bits per heavy atom. The largest absolute Gasteiger partial charge is 0.352 e. The maximum atomic E-state index is 13.9. The van der Waals surface area contributed by atoms with Gasteiger partial charge in [-0.3, -0.25) is 14.7 Å². The summed E-state index contributed by atoms with van der Waals surface area (Å²) in [6.07, 6.45) is 11.8. The number of benzene rings is 1. The summed E-state index contributed by atoms with van der Waals surface area (Å²) in [5.74, 6) is -0.264. The molecule has 5 heterocycles. The summed E-state index contributed by atoms with van der Waals surface area (Å²) in [5.41, 5.74) is 5.96. The molecule has 1 aromatic carbocycles. The molecule has 0 spiro atoms. The monoisotopic (exact) mass is 512 g/mol. The molecule has 1 amide bonds. The van der Waals surface area contributed by atoms with Crippen LogP contribution in [-0.4, -0.2) is 45.5 Å². The zero-order chi connectivity index (χ0) is 26.3. The van der Waals surface area contributed by atoms with Crippen LogP contribution < -0.4 is 10.00 Å². The first-order valence-corrected chi connectivity index (χ1v) is 13.8. The van der Waals surface area contributed by atoms with Crippen LogP contribution in [0.15, 0.2) is 61.1 Å². The van der Waals surface area contributed by atoms with Gasteiger partial charge in [0.15, 0.2) is 6.54 Å². The van der Waals surface area contributed by atoms with Gasteiger partial charge in [-0.1, -0.05) is 6.07 Å². The Labute approximate surface area is 223 Å². The van der Waals surface area contributed by atoms with Crippen molar-refractivity contribution < 1.29 is 13.9 Å². The molecule has 2 saturated heterocycles. The van der Waals surface area contributed by atoms with Crippen molar-refractivity contribution in [3.63, 3.8) is 0 Å². The van der Waals surface area contributed by atoms with Gasteiger partial charge < -0.3 is 5.32 Å². The van der Waals surface area contributed by atoms with Crippen molar-refractivity contribution in [2.24, 2.45) is 0 Å². The van der Waals surface area contributed by atoms with Crippen molar-refractivity contribution >= 4 is 11.4 Å². The fourth-order valence-electron chi connectivity index (χ4n) is 6.58. The van der Waals surface area contributed by atoms with E-state index >= 15 is 0 Å². The average Bonchev–Trinajstić information content (AvgIpc) is 3.62. The lowest BCUT2D eigenvalue weighted by atomic mass is 9.90. The van der Waals surface area contributed by atoms with Crippen molar-refractivity contribution in [3.8, 4) is 22.4 Å². The fraction of sp³-hybridized carbons (Fsp3) is 0.387. The first-order valence-electron chi connectivity index (χ1n) is 13.8. The molecular weight excluding hydrogens is 477 g/mol. The van der Waals surface area contributed by atoms with Crippen LogP contribution in [0.5, 0.6) is 0 Å². The molecule has 0 atom stereocenters. The smallest absolute Gasteiger partial charge is 0.259 e. The molecular formula is C31H35FN5O+. The first kappa shape index (κ1) is 24.7. The maximum Gasteiger partial charge on any atom is 0.259 e. The third-order valence-electron chi connectivity index (χ3n) is 8.57. The SMILES string of the molecule is CC[n+]1cc(C(=O)NCCC23CCCN2CCC3)c2cc(-c3cccnc3-c3ccc(F)c(C)c3)ccn21. The minimum Gasteiger partial charge on any atom is -0.352 e. The number of hydrogen-bond donors (Lipinski definition) is 1. The molecule has 6 rings (SSSR count). The summed E-state index contributed by atoms with van der Waals surface area (Å²) >= 11 is 0. The maximum absolute atomic E-state index is 13.9. The van der Waals surface area contributed by atoms with Gasteiger partial charge in [-0.2, -0.15) is 0 Å². The molecule has 6 nitrogen and oxygen atoms in total. The number of hydrogen-bond acceptors (Lipinski definition) is 3. The normalized spacial score (nSPS) is 16.7. The number of nitrogens with one attached hydrogen (secondary N) is 1. The molecule has 0 aliphatic carbocycles. The van der Waals surface area contributed by atoms with Crippen molar-refractivity contribution in [3.05, 3.63) is 78.0 Å². The summed E-state index contributed by atoms with van der Waals surface area (Å²) < 4.78 is 18.0. The Hall–Kier alpha value is -3.58. The number of nitrogens with zero attached hydrogens (tertiary/aromatic N) is 4. The number of aromatic nitrogens is 3. The van der Waals surface area contributed by atoms with Gasteiger partial charge in [0.1, 0.15) is 16.9 Å². The Morgan fingerprint density at radius 3 is 2.71 bits per heavy atom. The molecule has 3 aromatic heterocycles. The van der Waals surface area contributed by atoms with Crippen molar-refractivity contribution in [2.45, 2.75) is 58.0 Å². The quantitative estimate of drug-likeness (QED) is 0.348. The van der Waals surface area contributed by atoms with E-state index in [2.05, 4.69) is 32.9 Å². The minimum atomic E-state index is -0.228. The second-order valence-corrected chi connectivity index (χ2v) is 10.7. The lowest BCUT2D eigenvalue weighted by molar-refractivity contribution is -0.757. The predicted octanol–water partition coefficient (Wildman–Crippen LogP) is 5.17. The molecule has 4 aromatic rings. The van der Waals surface area contributed by atoms with E-state index in [9.17, 15) is 9.18 Å². The van der Waals surface area contributed by atoms with Crippen molar-refractivity contribution in [1.82, 2.24) is 19.7 Å². The van der Waals surface area contributed by atoms with Crippen LogP contribution in [0.25, 0.3) is 27.9 Å². The highest BCUT2D eigenvalue weighted by Crippen LogP contribution is 2.41.